The Bertz CT molecular complexity index is 329. The first-order valence-electron chi connectivity index (χ1n) is 5.18. The molecule has 1 fully saturated rings. The van der Waals surface area contributed by atoms with Crippen LogP contribution < -0.4 is 5.32 Å². The second-order valence-electron chi connectivity index (χ2n) is 4.76. The fourth-order valence-electron chi connectivity index (χ4n) is 1.99. The van der Waals surface area contributed by atoms with Gasteiger partial charge in [-0.25, -0.2) is 0 Å². The second kappa shape index (κ2) is 5.67. The van der Waals surface area contributed by atoms with Crippen LogP contribution in [0.25, 0.3) is 0 Å². The first-order chi connectivity index (χ1) is 7.16. The number of nitrogens with one attached hydrogen (secondary N) is 1. The molecular formula is C9H19ClNO5P. The maximum Gasteiger partial charge on any atom is 0.331 e. The Morgan fingerprint density at radius 1 is 1.41 bits per heavy atom. The van der Waals surface area contributed by atoms with Crippen molar-refractivity contribution in [3.8, 4) is 0 Å². The normalized spacial score (nSPS) is 26.1. The quantitative estimate of drug-likeness (QED) is 0.573. The summed E-state index contributed by atoms with van der Waals surface area (Å²) in [5.74, 6) is -1.25. The molecule has 0 aliphatic carbocycles. The van der Waals surface area contributed by atoms with Gasteiger partial charge in [0.15, 0.2) is 0 Å². The van der Waals surface area contributed by atoms with Gasteiger partial charge in [0.05, 0.1) is 5.16 Å². The van der Waals surface area contributed by atoms with Crippen LogP contribution in [0.4, 0.5) is 0 Å². The summed E-state index contributed by atoms with van der Waals surface area (Å²) < 4.78 is 11.4. The second-order valence-corrected chi connectivity index (χ2v) is 7.00. The molecule has 102 valence electrons. The minimum Gasteiger partial charge on any atom is -0.480 e. The molecule has 2 atom stereocenters. The van der Waals surface area contributed by atoms with E-state index in [1.54, 1.807) is 0 Å². The van der Waals surface area contributed by atoms with Crippen molar-refractivity contribution in [1.82, 2.24) is 5.32 Å². The lowest BCUT2D eigenvalue weighted by atomic mass is 9.83. The third-order valence-corrected chi connectivity index (χ3v) is 5.32. The topological polar surface area (TPSA) is 107 Å². The molecule has 1 heterocycles. The predicted octanol–water partition coefficient (Wildman–Crippen LogP) is 0.817. The number of hydrogen-bond acceptors (Lipinski definition) is 3. The largest absolute Gasteiger partial charge is 0.480 e. The van der Waals surface area contributed by atoms with Gasteiger partial charge in [0, 0.05) is 0 Å². The van der Waals surface area contributed by atoms with Gasteiger partial charge in [0.2, 0.25) is 0 Å². The van der Waals surface area contributed by atoms with Crippen LogP contribution in [0.2, 0.25) is 0 Å². The molecule has 0 bridgehead atoms. The molecule has 0 aromatic heterocycles. The van der Waals surface area contributed by atoms with Crippen molar-refractivity contribution >= 4 is 26.0 Å². The van der Waals surface area contributed by atoms with Crippen LogP contribution in [0.5, 0.6) is 0 Å². The summed E-state index contributed by atoms with van der Waals surface area (Å²) in [7, 11) is -4.21. The zero-order valence-electron chi connectivity index (χ0n) is 9.79. The predicted molar refractivity (Wildman–Crippen MR) is 65.5 cm³/mol. The molecule has 1 aliphatic rings. The Balaban J connectivity index is 0.00000256. The first-order valence-corrected chi connectivity index (χ1v) is 6.79. The summed E-state index contributed by atoms with van der Waals surface area (Å²) in [6.45, 7) is 3.48. The van der Waals surface area contributed by atoms with Gasteiger partial charge >= 0.3 is 13.6 Å². The number of hydrogen-bond donors (Lipinski definition) is 4. The van der Waals surface area contributed by atoms with Crippen LogP contribution in [0.15, 0.2) is 0 Å². The van der Waals surface area contributed by atoms with Crippen molar-refractivity contribution in [3.05, 3.63) is 0 Å². The average molecular weight is 288 g/mol. The monoisotopic (exact) mass is 287 g/mol. The number of piperidine rings is 1. The smallest absolute Gasteiger partial charge is 0.331 e. The highest BCUT2D eigenvalue weighted by Crippen LogP contribution is 2.56. The minimum atomic E-state index is -4.21. The summed E-state index contributed by atoms with van der Waals surface area (Å²) in [5, 5.41) is 10.5. The molecule has 8 heteroatoms. The summed E-state index contributed by atoms with van der Waals surface area (Å²) in [6, 6.07) is -0.704. The van der Waals surface area contributed by atoms with E-state index >= 15 is 0 Å². The van der Waals surface area contributed by atoms with Gasteiger partial charge < -0.3 is 20.2 Å². The van der Waals surface area contributed by atoms with Crippen molar-refractivity contribution in [2.45, 2.75) is 37.9 Å². The number of halogens is 1. The van der Waals surface area contributed by atoms with Gasteiger partial charge in [-0.3, -0.25) is 9.36 Å². The molecule has 0 saturated carbocycles. The van der Waals surface area contributed by atoms with Gasteiger partial charge in [-0.2, -0.15) is 0 Å². The van der Waals surface area contributed by atoms with Gasteiger partial charge in [-0.05, 0) is 39.2 Å². The number of rotatable bonds is 3. The lowest BCUT2D eigenvalue weighted by Crippen LogP contribution is -2.48. The molecule has 6 nitrogen and oxygen atoms in total. The van der Waals surface area contributed by atoms with E-state index in [9.17, 15) is 19.1 Å². The minimum absolute atomic E-state index is 0. The molecule has 0 aromatic carbocycles. The molecule has 4 N–H and O–H groups in total. The lowest BCUT2D eigenvalue weighted by Gasteiger charge is -2.39. The van der Waals surface area contributed by atoms with E-state index in [-0.39, 0.29) is 24.7 Å². The number of carboxylic acids is 1. The van der Waals surface area contributed by atoms with Crippen LogP contribution >= 0.6 is 20.0 Å². The summed E-state index contributed by atoms with van der Waals surface area (Å²) in [6.07, 6.45) is 0.843. The Kier molecular flexibility index (Phi) is 5.63. The fraction of sp³-hybridized carbons (Fsp3) is 0.889. The highest BCUT2D eigenvalue weighted by Gasteiger charge is 2.46. The van der Waals surface area contributed by atoms with Gasteiger partial charge in [0.25, 0.3) is 0 Å². The van der Waals surface area contributed by atoms with Gasteiger partial charge in [-0.15, -0.1) is 12.4 Å². The number of carbonyl (C=O) groups is 1. The fourth-order valence-corrected chi connectivity index (χ4v) is 2.70. The highest BCUT2D eigenvalue weighted by molar-refractivity contribution is 7.53. The maximum atomic E-state index is 11.4. The molecule has 1 saturated heterocycles. The van der Waals surface area contributed by atoms with E-state index in [2.05, 4.69) is 5.32 Å². The summed E-state index contributed by atoms with van der Waals surface area (Å²) >= 11 is 0. The third-order valence-electron chi connectivity index (χ3n) is 3.45. The van der Waals surface area contributed by atoms with Gasteiger partial charge in [0.1, 0.15) is 6.04 Å². The Hall–Kier alpha value is -0.130. The van der Waals surface area contributed by atoms with E-state index in [1.807, 2.05) is 0 Å². The molecule has 0 amide bonds. The number of carboxylic acid groups (broad SMARTS) is 1. The zero-order valence-corrected chi connectivity index (χ0v) is 11.5. The zero-order chi connectivity index (χ0) is 12.6. The molecule has 0 radical (unpaired) electrons. The molecule has 0 spiro atoms. The molecule has 0 unspecified atom stereocenters. The number of aliphatic carboxylic acids is 1. The molecule has 1 rings (SSSR count). The first kappa shape index (κ1) is 16.9. The van der Waals surface area contributed by atoms with E-state index in [0.717, 1.165) is 0 Å². The van der Waals surface area contributed by atoms with Crippen molar-refractivity contribution < 1.29 is 24.3 Å². The van der Waals surface area contributed by atoms with Gasteiger partial charge in [-0.1, -0.05) is 0 Å². The summed E-state index contributed by atoms with van der Waals surface area (Å²) in [5.41, 5.74) is 0. The SMILES string of the molecule is CC(C)([C@H]1CCN[C@@H](C(=O)O)C1)P(=O)(O)O.Cl. The average Bonchev–Trinajstić information content (AvgIpc) is 2.16. The maximum absolute atomic E-state index is 11.4. The Labute approximate surface area is 106 Å². The highest BCUT2D eigenvalue weighted by atomic mass is 35.5. The van der Waals surface area contributed by atoms with Crippen molar-refractivity contribution in [2.24, 2.45) is 5.92 Å². The van der Waals surface area contributed by atoms with Crippen LogP contribution in [0, 0.1) is 5.92 Å². The van der Waals surface area contributed by atoms with Crippen LogP contribution in [0.3, 0.4) is 0 Å². The van der Waals surface area contributed by atoms with Crippen LogP contribution in [-0.2, 0) is 9.36 Å². The van der Waals surface area contributed by atoms with Crippen LogP contribution in [-0.4, -0.2) is 38.6 Å². The molecular weight excluding hydrogens is 269 g/mol. The van der Waals surface area contributed by atoms with E-state index in [0.29, 0.717) is 13.0 Å². The standard InChI is InChI=1S/C9H18NO5P.ClH/c1-9(2,16(13,14)15)6-3-4-10-7(5-6)8(11)12;/h6-7,10H,3-5H2,1-2H3,(H,11,12)(H2,13,14,15);1H/t6-,7+;/m0./s1. The molecule has 1 aliphatic heterocycles. The van der Waals surface area contributed by atoms with E-state index in [4.69, 9.17) is 5.11 Å². The third kappa shape index (κ3) is 3.66. The van der Waals surface area contributed by atoms with Crippen molar-refractivity contribution in [3.63, 3.8) is 0 Å². The molecule has 17 heavy (non-hydrogen) atoms. The van der Waals surface area contributed by atoms with Crippen molar-refractivity contribution in [2.75, 3.05) is 6.54 Å². The van der Waals surface area contributed by atoms with E-state index < -0.39 is 24.8 Å². The van der Waals surface area contributed by atoms with E-state index in [1.165, 1.54) is 13.8 Å². The summed E-state index contributed by atoms with van der Waals surface area (Å²) in [4.78, 5) is 29.4. The Morgan fingerprint density at radius 3 is 2.35 bits per heavy atom. The Morgan fingerprint density at radius 2 is 1.94 bits per heavy atom. The lowest BCUT2D eigenvalue weighted by molar-refractivity contribution is -0.140. The van der Waals surface area contributed by atoms with Crippen LogP contribution in [0.1, 0.15) is 26.7 Å². The molecule has 0 aromatic rings. The van der Waals surface area contributed by atoms with Crippen molar-refractivity contribution in [1.29, 1.82) is 0 Å².